The molecule has 1 aromatic heterocycles. The van der Waals surface area contributed by atoms with Crippen LogP contribution in [-0.2, 0) is 16.4 Å². The number of fused-ring (bicyclic) bond motifs is 1. The summed E-state index contributed by atoms with van der Waals surface area (Å²) in [5.74, 6) is 0. The minimum Gasteiger partial charge on any atom is -0.388 e. The molecule has 0 spiro atoms. The average Bonchev–Trinajstić information content (AvgIpc) is 3.67. The van der Waals surface area contributed by atoms with Gasteiger partial charge in [0.15, 0.2) is 0 Å². The summed E-state index contributed by atoms with van der Waals surface area (Å²) < 4.78 is 29.8. The zero-order chi connectivity index (χ0) is 31.8. The van der Waals surface area contributed by atoms with Gasteiger partial charge in [-0.15, -0.1) is 0 Å². The van der Waals surface area contributed by atoms with E-state index < -0.39 is 16.1 Å². The van der Waals surface area contributed by atoms with Crippen molar-refractivity contribution in [3.8, 4) is 0 Å². The van der Waals surface area contributed by atoms with Crippen molar-refractivity contribution in [3.63, 3.8) is 0 Å². The molecule has 9 nitrogen and oxygen atoms in total. The van der Waals surface area contributed by atoms with Crippen LogP contribution in [0.1, 0.15) is 62.7 Å². The summed E-state index contributed by atoms with van der Waals surface area (Å²) in [6.07, 6.45) is 7.86. The van der Waals surface area contributed by atoms with Gasteiger partial charge in [-0.2, -0.15) is 0 Å². The van der Waals surface area contributed by atoms with E-state index in [9.17, 15) is 18.3 Å². The topological polar surface area (TPSA) is 123 Å². The Labute approximate surface area is 266 Å². The van der Waals surface area contributed by atoms with E-state index in [1.165, 1.54) is 30.0 Å². The number of unbranched alkanes of at least 4 members (excludes halogenated alkanes) is 5. The van der Waals surface area contributed by atoms with Crippen molar-refractivity contribution in [2.75, 3.05) is 41.9 Å². The molecule has 1 aliphatic rings. The number of hydrogen-bond acceptors (Lipinski definition) is 5. The zero-order valence-electron chi connectivity index (χ0n) is 26.1. The van der Waals surface area contributed by atoms with Crippen molar-refractivity contribution in [1.82, 2.24) is 9.88 Å². The molecule has 1 aliphatic heterocycles. The van der Waals surface area contributed by atoms with Crippen molar-refractivity contribution in [2.24, 2.45) is 5.73 Å². The number of benzene rings is 3. The second-order valence-electron chi connectivity index (χ2n) is 11.7. The maximum atomic E-state index is 14.3. The number of aromatic nitrogens is 1. The van der Waals surface area contributed by atoms with Gasteiger partial charge in [0.25, 0.3) is 10.0 Å². The normalized spacial score (nSPS) is 14.4. The Kier molecular flexibility index (Phi) is 10.8. The van der Waals surface area contributed by atoms with Gasteiger partial charge in [0.1, 0.15) is 0 Å². The van der Waals surface area contributed by atoms with Crippen LogP contribution in [0.4, 0.5) is 16.2 Å². The van der Waals surface area contributed by atoms with Gasteiger partial charge in [0, 0.05) is 56.5 Å². The first-order valence-corrected chi connectivity index (χ1v) is 17.5. The smallest absolute Gasteiger partial charge is 0.324 e. The van der Waals surface area contributed by atoms with Gasteiger partial charge in [-0.25, -0.2) is 13.2 Å². The number of H-pyrrole nitrogens is 1. The van der Waals surface area contributed by atoms with Crippen molar-refractivity contribution in [1.29, 1.82) is 0 Å². The van der Waals surface area contributed by atoms with Gasteiger partial charge in [0.05, 0.1) is 16.7 Å². The fourth-order valence-electron chi connectivity index (χ4n) is 6.08. The molecule has 2 heterocycles. The summed E-state index contributed by atoms with van der Waals surface area (Å²) in [4.78, 5) is 20.3. The molecular weight excluding hydrogens is 586 g/mol. The molecule has 1 atom stereocenters. The molecule has 0 aliphatic carbocycles. The van der Waals surface area contributed by atoms with E-state index in [1.54, 1.807) is 47.4 Å². The molecule has 2 amide bonds. The van der Waals surface area contributed by atoms with Gasteiger partial charge in [-0.3, -0.25) is 9.21 Å². The van der Waals surface area contributed by atoms with Crippen molar-refractivity contribution >= 4 is 38.3 Å². The Morgan fingerprint density at radius 2 is 1.73 bits per heavy atom. The number of aliphatic hydroxyl groups excluding tert-OH is 1. The van der Waals surface area contributed by atoms with Crippen LogP contribution in [-0.4, -0.2) is 62.2 Å². The fourth-order valence-corrected chi connectivity index (χ4v) is 7.78. The number of carbonyl (C=O) groups excluding carboxylic acids is 1. The first kappa shape index (κ1) is 32.5. The van der Waals surface area contributed by atoms with Crippen LogP contribution in [0, 0.1) is 0 Å². The summed E-state index contributed by atoms with van der Waals surface area (Å²) in [5, 5.41) is 12.4. The summed E-state index contributed by atoms with van der Waals surface area (Å²) >= 11 is 0. The Morgan fingerprint density at radius 3 is 2.51 bits per heavy atom. The van der Waals surface area contributed by atoms with Crippen molar-refractivity contribution in [2.45, 2.75) is 62.9 Å². The number of nitrogens with zero attached hydrogens (tertiary/aromatic N) is 3. The van der Waals surface area contributed by atoms with Gasteiger partial charge >= 0.3 is 6.03 Å². The largest absolute Gasteiger partial charge is 0.388 e. The predicted molar refractivity (Wildman–Crippen MR) is 181 cm³/mol. The molecule has 4 aromatic rings. The third-order valence-electron chi connectivity index (χ3n) is 8.55. The number of amides is 2. The number of nitrogens with one attached hydrogen (secondary N) is 1. The number of para-hydroxylation sites is 1. The molecule has 1 unspecified atom stereocenters. The van der Waals surface area contributed by atoms with Crippen LogP contribution in [0.25, 0.3) is 10.9 Å². The van der Waals surface area contributed by atoms with Crippen molar-refractivity contribution in [3.05, 3.63) is 90.1 Å². The number of carbonyl (C=O) groups is 1. The van der Waals surface area contributed by atoms with Gasteiger partial charge < -0.3 is 20.7 Å². The summed E-state index contributed by atoms with van der Waals surface area (Å²) in [6, 6.07) is 21.4. The number of aliphatic hydroxyl groups is 1. The summed E-state index contributed by atoms with van der Waals surface area (Å²) in [7, 11) is -4.06. The summed E-state index contributed by atoms with van der Waals surface area (Å²) in [5.41, 5.74) is 9.08. The second kappa shape index (κ2) is 14.9. The quantitative estimate of drug-likeness (QED) is 0.127. The van der Waals surface area contributed by atoms with E-state index in [4.69, 9.17) is 5.73 Å². The molecule has 10 heteroatoms. The summed E-state index contributed by atoms with van der Waals surface area (Å²) in [6.45, 7) is 4.30. The third-order valence-corrected chi connectivity index (χ3v) is 10.5. The molecule has 0 radical (unpaired) electrons. The molecule has 4 N–H and O–H groups in total. The Morgan fingerprint density at radius 1 is 0.956 bits per heavy atom. The molecule has 240 valence electrons. The maximum Gasteiger partial charge on any atom is 0.324 e. The standard InChI is InChI=1S/C35H45N5O4S/c1-2-3-4-5-6-10-20-38-22-23-39(35(38)42)31-14-16-34(45(43,44)40(21-18-36)30-11-8-7-9-12-30)29(25-31)26-33(41)28-13-15-32-27(24-28)17-19-37-32/h7-9,11-17,19,24-25,33,37,41H,2-6,10,18,20-23,26,36H2,1H3. The molecular formula is C35H45N5O4S. The number of hydrogen-bond donors (Lipinski definition) is 3. The highest BCUT2D eigenvalue weighted by atomic mass is 32.2. The molecule has 45 heavy (non-hydrogen) atoms. The first-order valence-electron chi connectivity index (χ1n) is 16.1. The van der Waals surface area contributed by atoms with E-state index in [0.29, 0.717) is 42.1 Å². The highest BCUT2D eigenvalue weighted by molar-refractivity contribution is 7.92. The van der Waals surface area contributed by atoms with E-state index in [-0.39, 0.29) is 30.4 Å². The van der Waals surface area contributed by atoms with Crippen molar-refractivity contribution < 1.29 is 18.3 Å². The predicted octanol–water partition coefficient (Wildman–Crippen LogP) is 6.20. The van der Waals surface area contributed by atoms with Crippen LogP contribution < -0.4 is 14.9 Å². The zero-order valence-corrected chi connectivity index (χ0v) is 26.9. The van der Waals surface area contributed by atoms with Crippen LogP contribution in [0.5, 0.6) is 0 Å². The molecule has 1 fully saturated rings. The Hall–Kier alpha value is -3.86. The molecule has 0 saturated carbocycles. The lowest BCUT2D eigenvalue weighted by Gasteiger charge is -2.27. The highest BCUT2D eigenvalue weighted by Crippen LogP contribution is 2.33. The lowest BCUT2D eigenvalue weighted by molar-refractivity contribution is 0.178. The number of aromatic amines is 1. The minimum absolute atomic E-state index is 0.0487. The molecule has 3 aromatic carbocycles. The number of nitrogens with two attached hydrogens (primary N) is 1. The van der Waals surface area contributed by atoms with Crippen LogP contribution in [0.15, 0.2) is 83.9 Å². The van der Waals surface area contributed by atoms with E-state index in [1.807, 2.05) is 41.4 Å². The van der Waals surface area contributed by atoms with Gasteiger partial charge in [-0.1, -0.05) is 63.3 Å². The van der Waals surface area contributed by atoms with Crippen LogP contribution in [0.2, 0.25) is 0 Å². The first-order chi connectivity index (χ1) is 21.8. The highest BCUT2D eigenvalue weighted by Gasteiger charge is 2.32. The second-order valence-corrected chi connectivity index (χ2v) is 13.6. The Balaban J connectivity index is 1.44. The Bertz CT molecular complexity index is 1670. The minimum atomic E-state index is -4.06. The number of anilines is 2. The molecule has 0 bridgehead atoms. The number of rotatable bonds is 16. The lowest BCUT2D eigenvalue weighted by atomic mass is 9.99. The van der Waals surface area contributed by atoms with Crippen LogP contribution >= 0.6 is 0 Å². The molecule has 1 saturated heterocycles. The van der Waals surface area contributed by atoms with Gasteiger partial charge in [0.2, 0.25) is 0 Å². The average molecular weight is 632 g/mol. The SMILES string of the molecule is CCCCCCCCN1CCN(c2ccc(S(=O)(=O)N(CCN)c3ccccc3)c(CC(O)c3ccc4[nH]ccc4c3)c2)C1=O. The van der Waals surface area contributed by atoms with E-state index >= 15 is 0 Å². The molecule has 5 rings (SSSR count). The maximum absolute atomic E-state index is 14.3. The lowest BCUT2D eigenvalue weighted by Crippen LogP contribution is -2.36. The van der Waals surface area contributed by atoms with Gasteiger partial charge in [-0.05, 0) is 71.5 Å². The fraction of sp³-hybridized carbons (Fsp3) is 0.400. The monoisotopic (exact) mass is 631 g/mol. The number of sulfonamides is 1. The van der Waals surface area contributed by atoms with Crippen LogP contribution in [0.3, 0.4) is 0 Å². The number of urea groups is 1. The van der Waals surface area contributed by atoms with E-state index in [0.717, 1.165) is 23.7 Å². The third kappa shape index (κ3) is 7.52. The van der Waals surface area contributed by atoms with E-state index in [2.05, 4.69) is 11.9 Å².